The molecule has 0 spiro atoms. The molecule has 1 heterocycles. The van der Waals surface area contributed by atoms with Gasteiger partial charge in [-0.1, -0.05) is 37.3 Å². The lowest BCUT2D eigenvalue weighted by atomic mass is 10.0. The van der Waals surface area contributed by atoms with Crippen LogP contribution in [0.1, 0.15) is 18.4 Å². The topological polar surface area (TPSA) is 58.2 Å². The fourth-order valence-electron chi connectivity index (χ4n) is 1.60. The molecule has 1 aromatic rings. The van der Waals surface area contributed by atoms with Gasteiger partial charge in [0.2, 0.25) is 0 Å². The van der Waals surface area contributed by atoms with Gasteiger partial charge in [-0.3, -0.25) is 10.1 Å². The van der Waals surface area contributed by atoms with Gasteiger partial charge in [-0.15, -0.1) is 0 Å². The molecule has 4 heteroatoms. The highest BCUT2D eigenvalue weighted by atomic mass is 16.2. The summed E-state index contributed by atoms with van der Waals surface area (Å²) >= 11 is 0. The standard InChI is InChI=1S/C12H12N2O2/c1-8(9-5-3-2-4-6-9)7-10-11(15)14-12(16)13-10/h2-8H,1H3,(H2,13,14,15,16)/b10-7-. The summed E-state index contributed by atoms with van der Waals surface area (Å²) in [6.07, 6.45) is 1.75. The molecule has 1 fully saturated rings. The molecule has 1 atom stereocenters. The monoisotopic (exact) mass is 216 g/mol. The van der Waals surface area contributed by atoms with Gasteiger partial charge in [0.25, 0.3) is 5.91 Å². The first kappa shape index (κ1) is 10.4. The van der Waals surface area contributed by atoms with Crippen molar-refractivity contribution in [1.82, 2.24) is 10.6 Å². The molecule has 82 valence electrons. The van der Waals surface area contributed by atoms with Gasteiger partial charge in [0.15, 0.2) is 0 Å². The van der Waals surface area contributed by atoms with Crippen LogP contribution in [0.4, 0.5) is 4.79 Å². The molecule has 0 radical (unpaired) electrons. The Morgan fingerprint density at radius 1 is 1.12 bits per heavy atom. The van der Waals surface area contributed by atoms with Crippen molar-refractivity contribution >= 4 is 11.9 Å². The van der Waals surface area contributed by atoms with E-state index in [-0.39, 0.29) is 11.8 Å². The van der Waals surface area contributed by atoms with Crippen LogP contribution in [-0.2, 0) is 4.79 Å². The van der Waals surface area contributed by atoms with Crippen molar-refractivity contribution in [3.05, 3.63) is 47.7 Å². The number of allylic oxidation sites excluding steroid dienone is 1. The number of hydrogen-bond donors (Lipinski definition) is 2. The lowest BCUT2D eigenvalue weighted by Crippen LogP contribution is -2.22. The highest BCUT2D eigenvalue weighted by Crippen LogP contribution is 2.17. The van der Waals surface area contributed by atoms with Crippen LogP contribution in [0.5, 0.6) is 0 Å². The third-order valence-electron chi connectivity index (χ3n) is 2.46. The number of hydrogen-bond acceptors (Lipinski definition) is 2. The normalized spacial score (nSPS) is 19.4. The Labute approximate surface area is 93.3 Å². The first-order valence-electron chi connectivity index (χ1n) is 5.06. The van der Waals surface area contributed by atoms with Crippen molar-refractivity contribution < 1.29 is 9.59 Å². The lowest BCUT2D eigenvalue weighted by molar-refractivity contribution is -0.115. The Hall–Kier alpha value is -2.10. The molecule has 1 aliphatic heterocycles. The quantitative estimate of drug-likeness (QED) is 0.581. The Kier molecular flexibility index (Phi) is 2.72. The maximum atomic E-state index is 11.3. The minimum atomic E-state index is -0.462. The van der Waals surface area contributed by atoms with Gasteiger partial charge in [-0.05, 0) is 11.6 Å². The fraction of sp³-hybridized carbons (Fsp3) is 0.167. The molecule has 1 saturated heterocycles. The summed E-state index contributed by atoms with van der Waals surface area (Å²) in [4.78, 5) is 22.2. The van der Waals surface area contributed by atoms with Crippen molar-refractivity contribution in [3.8, 4) is 0 Å². The van der Waals surface area contributed by atoms with Crippen LogP contribution in [0.2, 0.25) is 0 Å². The molecule has 2 N–H and O–H groups in total. The summed E-state index contributed by atoms with van der Waals surface area (Å²) in [6.45, 7) is 1.97. The molecule has 0 aromatic heterocycles. The van der Waals surface area contributed by atoms with Crippen molar-refractivity contribution in [1.29, 1.82) is 0 Å². The van der Waals surface area contributed by atoms with Gasteiger partial charge in [-0.25, -0.2) is 4.79 Å². The Morgan fingerprint density at radius 2 is 1.81 bits per heavy atom. The maximum Gasteiger partial charge on any atom is 0.326 e. The zero-order valence-corrected chi connectivity index (χ0v) is 8.86. The summed E-state index contributed by atoms with van der Waals surface area (Å²) in [7, 11) is 0. The molecule has 1 aromatic carbocycles. The summed E-state index contributed by atoms with van der Waals surface area (Å²) < 4.78 is 0. The molecule has 0 aliphatic carbocycles. The van der Waals surface area contributed by atoms with Crippen LogP contribution in [0, 0.1) is 0 Å². The number of carbonyl (C=O) groups is 2. The number of nitrogens with one attached hydrogen (secondary N) is 2. The second-order valence-electron chi connectivity index (χ2n) is 3.69. The molecule has 1 unspecified atom stereocenters. The molecule has 3 amide bonds. The number of amides is 3. The van der Waals surface area contributed by atoms with Crippen LogP contribution in [0.25, 0.3) is 0 Å². The Morgan fingerprint density at radius 3 is 2.38 bits per heavy atom. The second kappa shape index (κ2) is 4.18. The largest absolute Gasteiger partial charge is 0.326 e. The molecule has 4 nitrogen and oxygen atoms in total. The van der Waals surface area contributed by atoms with Crippen LogP contribution in [-0.4, -0.2) is 11.9 Å². The number of benzene rings is 1. The average molecular weight is 216 g/mol. The second-order valence-corrected chi connectivity index (χ2v) is 3.69. The van der Waals surface area contributed by atoms with E-state index in [1.54, 1.807) is 6.08 Å². The zero-order chi connectivity index (χ0) is 11.5. The predicted octanol–water partition coefficient (Wildman–Crippen LogP) is 1.51. The number of rotatable bonds is 2. The molecule has 16 heavy (non-hydrogen) atoms. The number of imide groups is 1. The van der Waals surface area contributed by atoms with Crippen molar-refractivity contribution in [3.63, 3.8) is 0 Å². The van der Waals surface area contributed by atoms with Crippen molar-refractivity contribution in [2.45, 2.75) is 12.8 Å². The van der Waals surface area contributed by atoms with Crippen LogP contribution >= 0.6 is 0 Å². The summed E-state index contributed by atoms with van der Waals surface area (Å²) in [5.41, 5.74) is 1.42. The van der Waals surface area contributed by atoms with E-state index in [1.165, 1.54) is 0 Å². The summed E-state index contributed by atoms with van der Waals surface area (Å²) in [5.74, 6) is -0.284. The maximum absolute atomic E-state index is 11.3. The minimum absolute atomic E-state index is 0.0837. The predicted molar refractivity (Wildman–Crippen MR) is 59.6 cm³/mol. The third-order valence-corrected chi connectivity index (χ3v) is 2.46. The zero-order valence-electron chi connectivity index (χ0n) is 8.86. The van der Waals surface area contributed by atoms with Crippen LogP contribution in [0.3, 0.4) is 0 Å². The van der Waals surface area contributed by atoms with E-state index in [4.69, 9.17) is 0 Å². The fourth-order valence-corrected chi connectivity index (χ4v) is 1.60. The van der Waals surface area contributed by atoms with E-state index in [9.17, 15) is 9.59 Å². The van der Waals surface area contributed by atoms with E-state index >= 15 is 0 Å². The Balaban J connectivity index is 2.18. The van der Waals surface area contributed by atoms with Gasteiger partial charge < -0.3 is 5.32 Å². The highest BCUT2D eigenvalue weighted by Gasteiger charge is 2.23. The van der Waals surface area contributed by atoms with Gasteiger partial charge in [-0.2, -0.15) is 0 Å². The first-order chi connectivity index (χ1) is 7.66. The number of urea groups is 1. The lowest BCUT2D eigenvalue weighted by Gasteiger charge is -2.06. The van der Waals surface area contributed by atoms with E-state index in [1.807, 2.05) is 37.3 Å². The van der Waals surface area contributed by atoms with Gasteiger partial charge in [0.1, 0.15) is 5.70 Å². The molecule has 1 aliphatic rings. The van der Waals surface area contributed by atoms with E-state index in [2.05, 4.69) is 10.6 Å². The smallest absolute Gasteiger partial charge is 0.303 e. The SMILES string of the molecule is CC(/C=C1\NC(=O)NC1=O)c1ccccc1. The van der Waals surface area contributed by atoms with Gasteiger partial charge in [0.05, 0.1) is 0 Å². The van der Waals surface area contributed by atoms with E-state index < -0.39 is 6.03 Å². The molecule has 2 rings (SSSR count). The van der Waals surface area contributed by atoms with Crippen LogP contribution < -0.4 is 10.6 Å². The molecular formula is C12H12N2O2. The summed E-state index contributed by atoms with van der Waals surface area (Å²) in [5, 5.41) is 4.63. The third kappa shape index (κ3) is 2.11. The van der Waals surface area contributed by atoms with Crippen LogP contribution in [0.15, 0.2) is 42.1 Å². The summed E-state index contributed by atoms with van der Waals surface area (Å²) in [6, 6.07) is 9.33. The van der Waals surface area contributed by atoms with Crippen molar-refractivity contribution in [2.75, 3.05) is 0 Å². The van der Waals surface area contributed by atoms with Gasteiger partial charge in [0, 0.05) is 5.92 Å². The highest BCUT2D eigenvalue weighted by molar-refractivity contribution is 6.11. The Bertz CT molecular complexity index is 451. The molecule has 0 bridgehead atoms. The molecular weight excluding hydrogens is 204 g/mol. The first-order valence-corrected chi connectivity index (χ1v) is 5.06. The average Bonchev–Trinajstić information content (AvgIpc) is 2.59. The number of carbonyl (C=O) groups excluding carboxylic acids is 2. The molecule has 0 saturated carbocycles. The van der Waals surface area contributed by atoms with Crippen molar-refractivity contribution in [2.24, 2.45) is 0 Å². The van der Waals surface area contributed by atoms with E-state index in [0.29, 0.717) is 5.70 Å². The van der Waals surface area contributed by atoms with E-state index in [0.717, 1.165) is 5.56 Å². The minimum Gasteiger partial charge on any atom is -0.303 e. The van der Waals surface area contributed by atoms with Gasteiger partial charge >= 0.3 is 6.03 Å².